The van der Waals surface area contributed by atoms with Crippen LogP contribution in [0.2, 0.25) is 0 Å². The second-order valence-corrected chi connectivity index (χ2v) is 7.93. The third-order valence-corrected chi connectivity index (χ3v) is 5.76. The molecule has 0 bridgehead atoms. The molecule has 1 aliphatic rings. The molecule has 4 nitrogen and oxygen atoms in total. The van der Waals surface area contributed by atoms with Crippen molar-refractivity contribution in [2.75, 3.05) is 7.11 Å². The van der Waals surface area contributed by atoms with Gasteiger partial charge in [-0.3, -0.25) is 9.59 Å². The van der Waals surface area contributed by atoms with Gasteiger partial charge in [0.1, 0.15) is 0 Å². The molecule has 0 fully saturated rings. The molecule has 1 N–H and O–H groups in total. The Kier molecular flexibility index (Phi) is 7.83. The van der Waals surface area contributed by atoms with E-state index in [1.54, 1.807) is 0 Å². The van der Waals surface area contributed by atoms with Gasteiger partial charge in [0.2, 0.25) is 0 Å². The summed E-state index contributed by atoms with van der Waals surface area (Å²) in [5.74, 6) is -0.705. The first-order valence-corrected chi connectivity index (χ1v) is 10.8. The lowest BCUT2D eigenvalue weighted by molar-refractivity contribution is -0.143. The smallest absolute Gasteiger partial charge is 0.313 e. The van der Waals surface area contributed by atoms with Crippen molar-refractivity contribution >= 4 is 11.9 Å². The summed E-state index contributed by atoms with van der Waals surface area (Å²) < 4.78 is 5.05. The number of rotatable bonds is 9. The number of carbonyl (C=O) groups excluding carboxylic acids is 2. The van der Waals surface area contributed by atoms with Crippen LogP contribution in [0.3, 0.4) is 0 Å². The normalized spacial score (nSPS) is 18.7. The Labute approximate surface area is 179 Å². The van der Waals surface area contributed by atoms with Crippen molar-refractivity contribution in [3.05, 3.63) is 83.4 Å². The van der Waals surface area contributed by atoms with Crippen LogP contribution in [0.4, 0.5) is 0 Å². The lowest BCUT2D eigenvalue weighted by Crippen LogP contribution is -2.33. The second kappa shape index (κ2) is 10.8. The van der Waals surface area contributed by atoms with Gasteiger partial charge in [-0.25, -0.2) is 0 Å². The molecule has 0 heterocycles. The van der Waals surface area contributed by atoms with Crippen LogP contribution in [0.15, 0.2) is 66.7 Å². The van der Waals surface area contributed by atoms with Gasteiger partial charge < -0.3 is 10.1 Å². The van der Waals surface area contributed by atoms with E-state index in [9.17, 15) is 9.59 Å². The monoisotopic (exact) mass is 405 g/mol. The van der Waals surface area contributed by atoms with E-state index in [4.69, 9.17) is 4.74 Å². The van der Waals surface area contributed by atoms with Crippen molar-refractivity contribution in [1.29, 1.82) is 0 Å². The van der Waals surface area contributed by atoms with E-state index in [0.29, 0.717) is 12.0 Å². The lowest BCUT2D eigenvalue weighted by Gasteiger charge is -2.22. The molecule has 3 rings (SSSR count). The Morgan fingerprint density at radius 3 is 2.43 bits per heavy atom. The van der Waals surface area contributed by atoms with Gasteiger partial charge in [0.05, 0.1) is 13.0 Å². The van der Waals surface area contributed by atoms with Crippen LogP contribution < -0.4 is 5.32 Å². The van der Waals surface area contributed by atoms with E-state index in [-0.39, 0.29) is 29.8 Å². The van der Waals surface area contributed by atoms with Gasteiger partial charge >= 0.3 is 5.97 Å². The fraction of sp³-hybridized carbons (Fsp3) is 0.385. The summed E-state index contributed by atoms with van der Waals surface area (Å²) in [5, 5.41) is 3.08. The molecule has 0 aliphatic heterocycles. The Balaban J connectivity index is 1.59. The second-order valence-electron chi connectivity index (χ2n) is 7.93. The van der Waals surface area contributed by atoms with Crippen molar-refractivity contribution < 1.29 is 14.3 Å². The molecule has 0 radical (unpaired) electrons. The van der Waals surface area contributed by atoms with Gasteiger partial charge in [-0.15, -0.1) is 0 Å². The van der Waals surface area contributed by atoms with E-state index in [1.807, 2.05) is 66.7 Å². The lowest BCUT2D eigenvalue weighted by atomic mass is 9.85. The summed E-state index contributed by atoms with van der Waals surface area (Å²) in [4.78, 5) is 25.1. The zero-order chi connectivity index (χ0) is 21.3. The highest BCUT2D eigenvalue weighted by atomic mass is 16.5. The molecule has 0 saturated heterocycles. The fourth-order valence-electron chi connectivity index (χ4n) is 4.08. The number of hydrogen-bond acceptors (Lipinski definition) is 3. The van der Waals surface area contributed by atoms with E-state index >= 15 is 0 Å². The minimum Gasteiger partial charge on any atom is -0.469 e. The summed E-state index contributed by atoms with van der Waals surface area (Å²) in [6.07, 6.45) is 9.35. The minimum absolute atomic E-state index is 0.00825. The molecular formula is C26H31NO3. The van der Waals surface area contributed by atoms with Crippen LogP contribution in [0.1, 0.15) is 60.0 Å². The molecule has 2 aromatic carbocycles. The number of aryl methyl sites for hydroxylation is 1. The van der Waals surface area contributed by atoms with Gasteiger partial charge in [-0.1, -0.05) is 74.4 Å². The maximum Gasteiger partial charge on any atom is 0.313 e. The average molecular weight is 406 g/mol. The largest absolute Gasteiger partial charge is 0.469 e. The van der Waals surface area contributed by atoms with Crippen LogP contribution in [-0.4, -0.2) is 25.0 Å². The first-order valence-electron chi connectivity index (χ1n) is 10.8. The molecule has 0 spiro atoms. The Morgan fingerprint density at radius 1 is 1.03 bits per heavy atom. The Morgan fingerprint density at radius 2 is 1.77 bits per heavy atom. The fourth-order valence-corrected chi connectivity index (χ4v) is 4.08. The zero-order valence-corrected chi connectivity index (χ0v) is 17.8. The number of benzene rings is 2. The number of nitrogens with one attached hydrogen (secondary N) is 1. The molecule has 4 heteroatoms. The summed E-state index contributed by atoms with van der Waals surface area (Å²) in [6.45, 7) is 2.20. The van der Waals surface area contributed by atoms with Crippen LogP contribution in [-0.2, 0) is 16.0 Å². The molecule has 0 saturated carbocycles. The number of amides is 1. The van der Waals surface area contributed by atoms with E-state index < -0.39 is 0 Å². The molecule has 0 aromatic heterocycles. The van der Waals surface area contributed by atoms with Gasteiger partial charge in [0, 0.05) is 11.6 Å². The van der Waals surface area contributed by atoms with Crippen LogP contribution >= 0.6 is 0 Å². The van der Waals surface area contributed by atoms with Crippen LogP contribution in [0, 0.1) is 5.92 Å². The first kappa shape index (κ1) is 21.8. The number of esters is 1. The number of methoxy groups -OCH3 is 1. The van der Waals surface area contributed by atoms with Gasteiger partial charge in [0.25, 0.3) is 5.91 Å². The summed E-state index contributed by atoms with van der Waals surface area (Å²) >= 11 is 0. The third kappa shape index (κ3) is 5.59. The molecular weight excluding hydrogens is 374 g/mol. The molecule has 3 atom stereocenters. The van der Waals surface area contributed by atoms with Crippen LogP contribution in [0.5, 0.6) is 0 Å². The van der Waals surface area contributed by atoms with Gasteiger partial charge in [-0.05, 0) is 48.4 Å². The predicted octanol–water partition coefficient (Wildman–Crippen LogP) is 5.05. The van der Waals surface area contributed by atoms with E-state index in [1.165, 1.54) is 31.9 Å². The summed E-state index contributed by atoms with van der Waals surface area (Å²) in [7, 11) is 1.42. The van der Waals surface area contributed by atoms with E-state index in [0.717, 1.165) is 12.0 Å². The molecule has 158 valence electrons. The van der Waals surface area contributed by atoms with Gasteiger partial charge in [-0.2, -0.15) is 0 Å². The number of allylic oxidation sites excluding steroid dienone is 1. The van der Waals surface area contributed by atoms with Crippen molar-refractivity contribution in [2.45, 2.75) is 51.0 Å². The predicted molar refractivity (Wildman–Crippen MR) is 119 cm³/mol. The third-order valence-electron chi connectivity index (χ3n) is 5.76. The first-order chi connectivity index (χ1) is 14.6. The standard InChI is InChI=1S/C26H31NO3/c1-3-4-6-9-19-12-14-21(15-13-19)25(28)27-23-17-16-22(18-23)24(26(29)30-2)20-10-7-5-8-11-20/h5,7-8,10-17,22-24H,3-4,6,9,18H2,1-2H3,(H,27,28)/t22-,23-,24-/m1/s1. The number of ether oxygens (including phenoxy) is 1. The van der Waals surface area contributed by atoms with Crippen LogP contribution in [0.25, 0.3) is 0 Å². The summed E-state index contributed by atoms with van der Waals surface area (Å²) in [6, 6.07) is 17.5. The molecule has 1 aliphatic carbocycles. The molecule has 1 amide bonds. The quantitative estimate of drug-likeness (QED) is 0.361. The number of carbonyl (C=O) groups is 2. The number of hydrogen-bond donors (Lipinski definition) is 1. The Hall–Kier alpha value is -2.88. The highest BCUT2D eigenvalue weighted by Gasteiger charge is 2.33. The van der Waals surface area contributed by atoms with Crippen molar-refractivity contribution in [3.8, 4) is 0 Å². The zero-order valence-electron chi connectivity index (χ0n) is 17.8. The highest BCUT2D eigenvalue weighted by Crippen LogP contribution is 2.34. The van der Waals surface area contributed by atoms with Crippen molar-refractivity contribution in [3.63, 3.8) is 0 Å². The summed E-state index contributed by atoms with van der Waals surface area (Å²) in [5.41, 5.74) is 2.87. The highest BCUT2D eigenvalue weighted by molar-refractivity contribution is 5.94. The van der Waals surface area contributed by atoms with Crippen molar-refractivity contribution in [2.24, 2.45) is 5.92 Å². The van der Waals surface area contributed by atoms with E-state index in [2.05, 4.69) is 12.2 Å². The van der Waals surface area contributed by atoms with Gasteiger partial charge in [0.15, 0.2) is 0 Å². The minimum atomic E-state index is -0.364. The molecule has 2 aromatic rings. The SMILES string of the molecule is CCCCCc1ccc(C(=O)N[C@@H]2C=C[C@@H]([C@H](C(=O)OC)c3ccccc3)C2)cc1. The number of unbranched alkanes of at least 4 members (excludes halogenated alkanes) is 2. The molecule has 30 heavy (non-hydrogen) atoms. The average Bonchev–Trinajstić information content (AvgIpc) is 3.23. The maximum absolute atomic E-state index is 12.7. The Bertz CT molecular complexity index is 858. The topological polar surface area (TPSA) is 55.4 Å². The molecule has 0 unspecified atom stereocenters. The maximum atomic E-state index is 12.7. The van der Waals surface area contributed by atoms with Crippen molar-refractivity contribution in [1.82, 2.24) is 5.32 Å².